The highest BCUT2D eigenvalue weighted by atomic mass is 32.2. The molecule has 5 nitrogen and oxygen atoms in total. The number of nitrogens with one attached hydrogen (secondary N) is 1. The molecule has 31 heavy (non-hydrogen) atoms. The number of aliphatic hydroxyl groups excluding tert-OH is 1. The first kappa shape index (κ1) is 23.1. The van der Waals surface area contributed by atoms with Crippen molar-refractivity contribution in [1.82, 2.24) is 5.32 Å². The van der Waals surface area contributed by atoms with Crippen LogP contribution in [0.15, 0.2) is 52.9 Å². The highest BCUT2D eigenvalue weighted by Crippen LogP contribution is 2.43. The topological polar surface area (TPSA) is 75.6 Å². The Morgan fingerprint density at radius 3 is 2.58 bits per heavy atom. The SMILES string of the molecule is COC[C@H](O)CNC(=O)CC1=C(C)/C(=C\c2ccc([S@](C)=O)cc2)c2ccc(F)cc21. The Hall–Kier alpha value is -2.61. The Bertz CT molecular complexity index is 1060. The summed E-state index contributed by atoms with van der Waals surface area (Å²) in [6.45, 7) is 2.14. The molecule has 2 atom stereocenters. The van der Waals surface area contributed by atoms with E-state index < -0.39 is 16.9 Å². The Kier molecular flexibility index (Phi) is 7.54. The molecule has 0 fully saturated rings. The van der Waals surface area contributed by atoms with Crippen molar-refractivity contribution >= 4 is 33.9 Å². The monoisotopic (exact) mass is 443 g/mol. The molecule has 2 aromatic carbocycles. The maximum Gasteiger partial charge on any atom is 0.224 e. The average Bonchev–Trinajstić information content (AvgIpc) is 2.98. The molecule has 0 aliphatic heterocycles. The van der Waals surface area contributed by atoms with Crippen molar-refractivity contribution in [3.63, 3.8) is 0 Å². The molecule has 0 saturated heterocycles. The van der Waals surface area contributed by atoms with E-state index in [9.17, 15) is 18.5 Å². The molecule has 1 aliphatic carbocycles. The van der Waals surface area contributed by atoms with E-state index in [-0.39, 0.29) is 31.3 Å². The van der Waals surface area contributed by atoms with Gasteiger partial charge in [-0.15, -0.1) is 0 Å². The highest BCUT2D eigenvalue weighted by Gasteiger charge is 2.26. The van der Waals surface area contributed by atoms with Crippen LogP contribution in [0.3, 0.4) is 0 Å². The number of carbonyl (C=O) groups is 1. The summed E-state index contributed by atoms with van der Waals surface area (Å²) in [7, 11) is 0.430. The Labute approximate surface area is 184 Å². The van der Waals surface area contributed by atoms with Crippen molar-refractivity contribution in [3.05, 3.63) is 70.5 Å². The van der Waals surface area contributed by atoms with E-state index >= 15 is 0 Å². The lowest BCUT2D eigenvalue weighted by Gasteiger charge is -2.12. The zero-order chi connectivity index (χ0) is 22.5. The zero-order valence-corrected chi connectivity index (χ0v) is 18.6. The van der Waals surface area contributed by atoms with Crippen molar-refractivity contribution in [2.24, 2.45) is 0 Å². The summed E-state index contributed by atoms with van der Waals surface area (Å²) < 4.78 is 30.5. The maximum absolute atomic E-state index is 14.0. The number of aliphatic hydroxyl groups is 1. The van der Waals surface area contributed by atoms with Crippen molar-refractivity contribution in [1.29, 1.82) is 0 Å². The van der Waals surface area contributed by atoms with Crippen molar-refractivity contribution in [2.75, 3.05) is 26.5 Å². The van der Waals surface area contributed by atoms with Gasteiger partial charge in [-0.05, 0) is 70.7 Å². The van der Waals surface area contributed by atoms with Gasteiger partial charge in [0.15, 0.2) is 0 Å². The predicted molar refractivity (Wildman–Crippen MR) is 121 cm³/mol. The van der Waals surface area contributed by atoms with Gasteiger partial charge < -0.3 is 15.2 Å². The number of ether oxygens (including phenoxy) is 1. The van der Waals surface area contributed by atoms with E-state index in [0.29, 0.717) is 5.56 Å². The molecule has 2 N–H and O–H groups in total. The third kappa shape index (κ3) is 5.55. The molecular formula is C24H26FNO4S. The number of methoxy groups -OCH3 is 1. The first-order valence-electron chi connectivity index (χ1n) is 9.89. The highest BCUT2D eigenvalue weighted by molar-refractivity contribution is 7.84. The minimum absolute atomic E-state index is 0.0765. The fourth-order valence-electron chi connectivity index (χ4n) is 3.61. The lowest BCUT2D eigenvalue weighted by Crippen LogP contribution is -2.34. The maximum atomic E-state index is 14.0. The van der Waals surface area contributed by atoms with Gasteiger partial charge in [0.1, 0.15) is 5.82 Å². The summed E-state index contributed by atoms with van der Waals surface area (Å²) in [5.41, 5.74) is 5.06. The lowest BCUT2D eigenvalue weighted by atomic mass is 10.0. The van der Waals surface area contributed by atoms with Crippen LogP contribution < -0.4 is 5.32 Å². The molecule has 164 valence electrons. The Morgan fingerprint density at radius 2 is 1.94 bits per heavy atom. The first-order valence-corrected chi connectivity index (χ1v) is 11.4. The average molecular weight is 444 g/mol. The first-order chi connectivity index (χ1) is 14.8. The number of hydrogen-bond donors (Lipinski definition) is 2. The van der Waals surface area contributed by atoms with Gasteiger partial charge in [0.25, 0.3) is 0 Å². The molecule has 3 rings (SSSR count). The summed E-state index contributed by atoms with van der Waals surface area (Å²) in [4.78, 5) is 13.2. The standard InChI is InChI=1S/C24H26FNO4S/c1-15-21(10-16-4-7-19(8-5-16)31(3)29)20-9-6-17(25)11-23(20)22(15)12-24(28)26-13-18(27)14-30-2/h4-11,18,27H,12-14H2,1-3H3,(H,26,28)/b21-10+/t18-,31+/m1/s1. The van der Waals surface area contributed by atoms with Crippen LogP contribution in [0.4, 0.5) is 4.39 Å². The van der Waals surface area contributed by atoms with Crippen LogP contribution in [0.2, 0.25) is 0 Å². The summed E-state index contributed by atoms with van der Waals surface area (Å²) in [5, 5.41) is 12.4. The van der Waals surface area contributed by atoms with Crippen LogP contribution in [0.25, 0.3) is 17.2 Å². The third-order valence-corrected chi connectivity index (χ3v) is 6.14. The third-order valence-electron chi connectivity index (χ3n) is 5.21. The van der Waals surface area contributed by atoms with Gasteiger partial charge in [-0.2, -0.15) is 0 Å². The van der Waals surface area contributed by atoms with E-state index in [4.69, 9.17) is 4.74 Å². The molecule has 2 aromatic rings. The van der Waals surface area contributed by atoms with Gasteiger partial charge in [0.05, 0.1) is 19.1 Å². The minimum Gasteiger partial charge on any atom is -0.389 e. The molecule has 0 heterocycles. The van der Waals surface area contributed by atoms with Crippen molar-refractivity contribution in [3.8, 4) is 0 Å². The van der Waals surface area contributed by atoms with E-state index in [2.05, 4.69) is 5.32 Å². The van der Waals surface area contributed by atoms with Crippen LogP contribution in [0.1, 0.15) is 30.0 Å². The number of rotatable bonds is 8. The van der Waals surface area contributed by atoms with Gasteiger partial charge in [-0.25, -0.2) is 4.39 Å². The van der Waals surface area contributed by atoms with Gasteiger partial charge in [-0.3, -0.25) is 9.00 Å². The number of carbonyl (C=O) groups excluding carboxylic acids is 1. The second-order valence-electron chi connectivity index (χ2n) is 7.46. The fourth-order valence-corrected chi connectivity index (χ4v) is 4.13. The van der Waals surface area contributed by atoms with E-state index in [0.717, 1.165) is 32.7 Å². The van der Waals surface area contributed by atoms with Gasteiger partial charge in [-0.1, -0.05) is 18.2 Å². The molecule has 0 spiro atoms. The number of fused-ring (bicyclic) bond motifs is 1. The van der Waals surface area contributed by atoms with Crippen LogP contribution in [-0.4, -0.2) is 47.8 Å². The van der Waals surface area contributed by atoms with Gasteiger partial charge in [0.2, 0.25) is 5.91 Å². The molecule has 7 heteroatoms. The predicted octanol–water partition coefficient (Wildman–Crippen LogP) is 3.40. The number of hydrogen-bond acceptors (Lipinski definition) is 4. The number of allylic oxidation sites excluding steroid dienone is 2. The van der Waals surface area contributed by atoms with Crippen LogP contribution in [0.5, 0.6) is 0 Å². The van der Waals surface area contributed by atoms with E-state index in [1.807, 2.05) is 37.3 Å². The zero-order valence-electron chi connectivity index (χ0n) is 17.8. The second-order valence-corrected chi connectivity index (χ2v) is 8.84. The molecule has 0 bridgehead atoms. The summed E-state index contributed by atoms with van der Waals surface area (Å²) in [6, 6.07) is 12.0. The molecular weight excluding hydrogens is 417 g/mol. The number of benzene rings is 2. The van der Waals surface area contributed by atoms with E-state index in [1.165, 1.54) is 19.2 Å². The molecule has 1 aliphatic rings. The minimum atomic E-state index is -1.05. The number of amides is 1. The molecule has 1 amide bonds. The van der Waals surface area contributed by atoms with Gasteiger partial charge >= 0.3 is 0 Å². The Balaban J connectivity index is 1.90. The van der Waals surface area contributed by atoms with Crippen LogP contribution in [0, 0.1) is 5.82 Å². The van der Waals surface area contributed by atoms with Crippen molar-refractivity contribution in [2.45, 2.75) is 24.3 Å². The molecule has 0 saturated carbocycles. The molecule has 0 radical (unpaired) electrons. The van der Waals surface area contributed by atoms with Crippen LogP contribution in [-0.2, 0) is 20.3 Å². The second kappa shape index (κ2) is 10.1. The normalized spacial score (nSPS) is 16.4. The summed E-state index contributed by atoms with van der Waals surface area (Å²) in [5.74, 6) is -0.619. The van der Waals surface area contributed by atoms with Crippen LogP contribution >= 0.6 is 0 Å². The van der Waals surface area contributed by atoms with Crippen molar-refractivity contribution < 1.29 is 23.2 Å². The summed E-state index contributed by atoms with van der Waals surface area (Å²) in [6.07, 6.45) is 2.91. The fraction of sp³-hybridized carbons (Fsp3) is 0.292. The summed E-state index contributed by atoms with van der Waals surface area (Å²) >= 11 is 0. The Morgan fingerprint density at radius 1 is 1.23 bits per heavy atom. The number of halogens is 1. The van der Waals surface area contributed by atoms with E-state index in [1.54, 1.807) is 12.3 Å². The smallest absolute Gasteiger partial charge is 0.224 e. The molecule has 0 unspecified atom stereocenters. The molecule has 0 aromatic heterocycles. The quantitative estimate of drug-likeness (QED) is 0.656. The van der Waals surface area contributed by atoms with Gasteiger partial charge in [0, 0.05) is 35.6 Å². The largest absolute Gasteiger partial charge is 0.389 e. The lowest BCUT2D eigenvalue weighted by molar-refractivity contribution is -0.120.